The monoisotopic (exact) mass is 205 g/mol. The number of nitrogens with two attached hydrogens (primary N) is 1. The number of benzene rings is 1. The summed E-state index contributed by atoms with van der Waals surface area (Å²) >= 11 is 0. The molecule has 3 nitrogen and oxygen atoms in total. The second-order valence-electron chi connectivity index (χ2n) is 4.18. The van der Waals surface area contributed by atoms with E-state index < -0.39 is 5.97 Å². The average Bonchev–Trinajstić information content (AvgIpc) is 3.01. The molecule has 0 amide bonds. The number of hydrogen-bond donors (Lipinski definition) is 2. The van der Waals surface area contributed by atoms with Crippen molar-refractivity contribution in [1.29, 1.82) is 0 Å². The SMILES string of the molecule is N[C@H](CC1CC1)c1ccccc1C(=O)O. The molecule has 1 fully saturated rings. The van der Waals surface area contributed by atoms with E-state index in [1.807, 2.05) is 12.1 Å². The lowest BCUT2D eigenvalue weighted by molar-refractivity contribution is 0.0695. The Hall–Kier alpha value is -1.35. The molecule has 1 atom stereocenters. The van der Waals surface area contributed by atoms with E-state index in [-0.39, 0.29) is 6.04 Å². The van der Waals surface area contributed by atoms with Gasteiger partial charge in [-0.1, -0.05) is 31.0 Å². The topological polar surface area (TPSA) is 63.3 Å². The van der Waals surface area contributed by atoms with Crippen LogP contribution < -0.4 is 5.73 Å². The molecule has 0 heterocycles. The van der Waals surface area contributed by atoms with Gasteiger partial charge in [0.05, 0.1) is 5.56 Å². The number of aromatic carboxylic acids is 1. The van der Waals surface area contributed by atoms with Crippen molar-refractivity contribution < 1.29 is 9.90 Å². The van der Waals surface area contributed by atoms with Gasteiger partial charge in [-0.25, -0.2) is 4.79 Å². The molecule has 3 heteroatoms. The molecule has 2 rings (SSSR count). The van der Waals surface area contributed by atoms with Gasteiger partial charge in [0, 0.05) is 6.04 Å². The van der Waals surface area contributed by atoms with Gasteiger partial charge >= 0.3 is 5.97 Å². The van der Waals surface area contributed by atoms with E-state index in [4.69, 9.17) is 10.8 Å². The number of carboxylic acids is 1. The molecule has 0 aliphatic heterocycles. The minimum atomic E-state index is -0.892. The van der Waals surface area contributed by atoms with E-state index in [1.165, 1.54) is 12.8 Å². The summed E-state index contributed by atoms with van der Waals surface area (Å²) in [6, 6.07) is 6.87. The minimum Gasteiger partial charge on any atom is -0.478 e. The maximum atomic E-state index is 11.0. The standard InChI is InChI=1S/C12H15NO2/c13-11(7-8-5-6-8)9-3-1-2-4-10(9)12(14)15/h1-4,8,11H,5-7,13H2,(H,14,15)/t11-/m1/s1. The zero-order chi connectivity index (χ0) is 10.8. The highest BCUT2D eigenvalue weighted by atomic mass is 16.4. The molecule has 1 aliphatic rings. The number of carbonyl (C=O) groups is 1. The van der Waals surface area contributed by atoms with E-state index in [2.05, 4.69) is 0 Å². The summed E-state index contributed by atoms with van der Waals surface area (Å²) in [4.78, 5) is 11.0. The lowest BCUT2D eigenvalue weighted by atomic mass is 9.97. The first-order valence-corrected chi connectivity index (χ1v) is 5.26. The highest BCUT2D eigenvalue weighted by molar-refractivity contribution is 5.89. The molecule has 3 N–H and O–H groups in total. The van der Waals surface area contributed by atoms with E-state index in [0.717, 1.165) is 12.0 Å². The summed E-state index contributed by atoms with van der Waals surface area (Å²) in [6.45, 7) is 0. The molecule has 1 aromatic carbocycles. The van der Waals surface area contributed by atoms with Crippen LogP contribution >= 0.6 is 0 Å². The predicted octanol–water partition coefficient (Wildman–Crippen LogP) is 2.18. The van der Waals surface area contributed by atoms with Crippen molar-refractivity contribution in [2.75, 3.05) is 0 Å². The molecule has 1 aliphatic carbocycles. The lowest BCUT2D eigenvalue weighted by Gasteiger charge is -2.13. The number of rotatable bonds is 4. The van der Waals surface area contributed by atoms with Crippen LogP contribution in [0, 0.1) is 5.92 Å². The Morgan fingerprint density at radius 2 is 2.13 bits per heavy atom. The van der Waals surface area contributed by atoms with Crippen LogP contribution in [0.4, 0.5) is 0 Å². The van der Waals surface area contributed by atoms with Crippen molar-refractivity contribution in [1.82, 2.24) is 0 Å². The van der Waals surface area contributed by atoms with Crippen molar-refractivity contribution in [2.45, 2.75) is 25.3 Å². The normalized spacial score (nSPS) is 17.4. The van der Waals surface area contributed by atoms with Gasteiger partial charge < -0.3 is 10.8 Å². The van der Waals surface area contributed by atoms with Gasteiger partial charge in [-0.15, -0.1) is 0 Å². The summed E-state index contributed by atoms with van der Waals surface area (Å²) in [6.07, 6.45) is 3.39. The first-order valence-electron chi connectivity index (χ1n) is 5.26. The fraction of sp³-hybridized carbons (Fsp3) is 0.417. The Labute approximate surface area is 88.9 Å². The van der Waals surface area contributed by atoms with Crippen LogP contribution in [-0.4, -0.2) is 11.1 Å². The molecule has 1 aromatic rings. The van der Waals surface area contributed by atoms with Crippen molar-refractivity contribution in [3.05, 3.63) is 35.4 Å². The van der Waals surface area contributed by atoms with Gasteiger partial charge in [-0.2, -0.15) is 0 Å². The summed E-state index contributed by atoms with van der Waals surface area (Å²) < 4.78 is 0. The first-order chi connectivity index (χ1) is 7.18. The third kappa shape index (κ3) is 2.36. The molecule has 0 spiro atoms. The van der Waals surface area contributed by atoms with Crippen LogP contribution in [0.3, 0.4) is 0 Å². The van der Waals surface area contributed by atoms with Crippen LogP contribution in [0.1, 0.15) is 41.2 Å². The van der Waals surface area contributed by atoms with Crippen LogP contribution in [0.15, 0.2) is 24.3 Å². The van der Waals surface area contributed by atoms with E-state index in [9.17, 15) is 4.79 Å². The van der Waals surface area contributed by atoms with Crippen LogP contribution in [-0.2, 0) is 0 Å². The lowest BCUT2D eigenvalue weighted by Crippen LogP contribution is -2.15. The van der Waals surface area contributed by atoms with Crippen LogP contribution in [0.5, 0.6) is 0 Å². The fourth-order valence-electron chi connectivity index (χ4n) is 1.85. The Morgan fingerprint density at radius 1 is 1.47 bits per heavy atom. The molecule has 0 radical (unpaired) electrons. The van der Waals surface area contributed by atoms with Crippen LogP contribution in [0.2, 0.25) is 0 Å². The molecule has 1 saturated carbocycles. The molecule has 0 bridgehead atoms. The summed E-state index contributed by atoms with van der Waals surface area (Å²) in [5.74, 6) is -0.182. The first kappa shape index (κ1) is 10.2. The maximum absolute atomic E-state index is 11.0. The largest absolute Gasteiger partial charge is 0.478 e. The minimum absolute atomic E-state index is 0.134. The van der Waals surface area contributed by atoms with Gasteiger partial charge in [0.1, 0.15) is 0 Å². The van der Waals surface area contributed by atoms with Crippen molar-refractivity contribution in [3.8, 4) is 0 Å². The molecule has 0 unspecified atom stereocenters. The molecule has 15 heavy (non-hydrogen) atoms. The summed E-state index contributed by atoms with van der Waals surface area (Å²) in [5, 5.41) is 9.01. The smallest absolute Gasteiger partial charge is 0.336 e. The van der Waals surface area contributed by atoms with Crippen molar-refractivity contribution in [3.63, 3.8) is 0 Å². The summed E-state index contributed by atoms with van der Waals surface area (Å²) in [7, 11) is 0. The fourth-order valence-corrected chi connectivity index (χ4v) is 1.85. The Bertz CT molecular complexity index is 372. The van der Waals surface area contributed by atoms with E-state index in [1.54, 1.807) is 12.1 Å². The van der Waals surface area contributed by atoms with Crippen LogP contribution in [0.25, 0.3) is 0 Å². The van der Waals surface area contributed by atoms with Gasteiger partial charge in [0.15, 0.2) is 0 Å². The van der Waals surface area contributed by atoms with Gasteiger partial charge in [0.2, 0.25) is 0 Å². The molecular formula is C12H15NO2. The average molecular weight is 205 g/mol. The van der Waals surface area contributed by atoms with Gasteiger partial charge in [-0.3, -0.25) is 0 Å². The third-order valence-electron chi connectivity index (χ3n) is 2.87. The van der Waals surface area contributed by atoms with E-state index in [0.29, 0.717) is 11.5 Å². The van der Waals surface area contributed by atoms with Gasteiger partial charge in [-0.05, 0) is 24.0 Å². The van der Waals surface area contributed by atoms with E-state index >= 15 is 0 Å². The second-order valence-corrected chi connectivity index (χ2v) is 4.18. The van der Waals surface area contributed by atoms with Crippen molar-refractivity contribution in [2.24, 2.45) is 11.7 Å². The molecule has 80 valence electrons. The number of carboxylic acid groups (broad SMARTS) is 1. The maximum Gasteiger partial charge on any atom is 0.336 e. The molecule has 0 aromatic heterocycles. The Kier molecular flexibility index (Phi) is 2.73. The highest BCUT2D eigenvalue weighted by Gasteiger charge is 2.26. The summed E-state index contributed by atoms with van der Waals surface area (Å²) in [5.41, 5.74) is 7.11. The third-order valence-corrected chi connectivity index (χ3v) is 2.87. The Balaban J connectivity index is 2.20. The second kappa shape index (κ2) is 4.03. The molecular weight excluding hydrogens is 190 g/mol. The number of hydrogen-bond acceptors (Lipinski definition) is 2. The zero-order valence-corrected chi connectivity index (χ0v) is 8.52. The highest BCUT2D eigenvalue weighted by Crippen LogP contribution is 2.37. The predicted molar refractivity (Wildman–Crippen MR) is 57.7 cm³/mol. The zero-order valence-electron chi connectivity index (χ0n) is 8.52. The van der Waals surface area contributed by atoms with Gasteiger partial charge in [0.25, 0.3) is 0 Å². The van der Waals surface area contributed by atoms with Crippen molar-refractivity contribution >= 4 is 5.97 Å². The quantitative estimate of drug-likeness (QED) is 0.791. The molecule has 0 saturated heterocycles. The Morgan fingerprint density at radius 3 is 2.73 bits per heavy atom.